The highest BCUT2D eigenvalue weighted by Crippen LogP contribution is 2.31. The molecular weight excluding hydrogens is 312 g/mol. The number of aliphatic hydroxyl groups excluding tert-OH is 1. The van der Waals surface area contributed by atoms with Gasteiger partial charge in [-0.1, -0.05) is 22.0 Å². The molecule has 1 N–H and O–H groups in total. The molecule has 0 bridgehead atoms. The van der Waals surface area contributed by atoms with Crippen molar-refractivity contribution in [2.24, 2.45) is 0 Å². The molecule has 0 radical (unpaired) electrons. The third-order valence-corrected chi connectivity index (χ3v) is 3.96. The summed E-state index contributed by atoms with van der Waals surface area (Å²) in [6.45, 7) is 3.71. The van der Waals surface area contributed by atoms with Crippen LogP contribution in [-0.4, -0.2) is 15.1 Å². The Morgan fingerprint density at radius 2 is 1.94 bits per heavy atom. The van der Waals surface area contributed by atoms with E-state index in [1.807, 2.05) is 25.1 Å². The number of aryl methyl sites for hydroxylation is 1. The van der Waals surface area contributed by atoms with Gasteiger partial charge >= 0.3 is 0 Å². The highest BCUT2D eigenvalue weighted by Gasteiger charge is 2.08. The first-order valence-electron chi connectivity index (χ1n) is 5.50. The fourth-order valence-corrected chi connectivity index (χ4v) is 3.05. The van der Waals surface area contributed by atoms with Gasteiger partial charge in [0.1, 0.15) is 0 Å². The first kappa shape index (κ1) is 13.5. The minimum Gasteiger partial charge on any atom is -0.389 e. The summed E-state index contributed by atoms with van der Waals surface area (Å²) in [6, 6.07) is 5.84. The lowest BCUT2D eigenvalue weighted by Gasteiger charge is -2.09. The molecule has 0 saturated carbocycles. The Morgan fingerprint density at radius 1 is 1.28 bits per heavy atom. The second kappa shape index (κ2) is 5.82. The molecule has 0 aliphatic heterocycles. The summed E-state index contributed by atoms with van der Waals surface area (Å²) < 4.78 is 0.898. The molecule has 0 fully saturated rings. The van der Waals surface area contributed by atoms with E-state index < -0.39 is 6.10 Å². The van der Waals surface area contributed by atoms with Gasteiger partial charge in [-0.2, -0.15) is 0 Å². The molecule has 2 rings (SSSR count). The second-order valence-electron chi connectivity index (χ2n) is 4.00. The van der Waals surface area contributed by atoms with E-state index in [0.717, 1.165) is 25.7 Å². The minimum absolute atomic E-state index is 0.478. The van der Waals surface area contributed by atoms with Gasteiger partial charge in [0.2, 0.25) is 0 Å². The summed E-state index contributed by atoms with van der Waals surface area (Å²) in [5, 5.41) is 10.3. The quantitative estimate of drug-likeness (QED) is 0.873. The Morgan fingerprint density at radius 3 is 2.50 bits per heavy atom. The van der Waals surface area contributed by atoms with E-state index in [1.54, 1.807) is 19.3 Å². The van der Waals surface area contributed by atoms with E-state index in [4.69, 9.17) is 0 Å². The molecule has 0 amide bonds. The van der Waals surface area contributed by atoms with Crippen molar-refractivity contribution < 1.29 is 5.11 Å². The van der Waals surface area contributed by atoms with Crippen molar-refractivity contribution in [3.05, 3.63) is 46.2 Å². The topological polar surface area (TPSA) is 46.0 Å². The van der Waals surface area contributed by atoms with E-state index in [-0.39, 0.29) is 0 Å². The largest absolute Gasteiger partial charge is 0.389 e. The van der Waals surface area contributed by atoms with Crippen molar-refractivity contribution in [1.29, 1.82) is 0 Å². The molecule has 1 aromatic carbocycles. The van der Waals surface area contributed by atoms with E-state index >= 15 is 0 Å². The molecule has 1 aromatic heterocycles. The average Bonchev–Trinajstić information content (AvgIpc) is 2.32. The molecule has 2 aromatic rings. The Hall–Kier alpha value is -0.910. The van der Waals surface area contributed by atoms with Gasteiger partial charge in [0.25, 0.3) is 0 Å². The number of nitrogens with zero attached hydrogens (tertiary/aromatic N) is 2. The summed E-state index contributed by atoms with van der Waals surface area (Å²) in [5.41, 5.74) is 1.93. The standard InChI is InChI=1S/C13H13BrN2OS/c1-8-6-15-13(16-7-8)18-10-3-4-11(9(2)17)12(14)5-10/h3-7,9,17H,1-2H3/t9-/m0/s1. The SMILES string of the molecule is Cc1cnc(Sc2ccc([C@H](C)O)c(Br)c2)nc1. The van der Waals surface area contributed by atoms with Crippen LogP contribution in [0.5, 0.6) is 0 Å². The number of hydrogen-bond donors (Lipinski definition) is 1. The Balaban J connectivity index is 2.20. The smallest absolute Gasteiger partial charge is 0.192 e. The van der Waals surface area contributed by atoms with Crippen LogP contribution in [-0.2, 0) is 0 Å². The van der Waals surface area contributed by atoms with Crippen molar-refractivity contribution in [2.45, 2.75) is 30.0 Å². The summed E-state index contributed by atoms with van der Waals surface area (Å²) in [7, 11) is 0. The van der Waals surface area contributed by atoms with Crippen molar-refractivity contribution in [1.82, 2.24) is 9.97 Å². The van der Waals surface area contributed by atoms with Crippen LogP contribution in [0.15, 0.2) is 45.1 Å². The number of aromatic nitrogens is 2. The Bertz CT molecular complexity index is 543. The maximum atomic E-state index is 9.55. The number of benzene rings is 1. The number of hydrogen-bond acceptors (Lipinski definition) is 4. The van der Waals surface area contributed by atoms with Crippen molar-refractivity contribution >= 4 is 27.7 Å². The van der Waals surface area contributed by atoms with Crippen LogP contribution < -0.4 is 0 Å². The summed E-state index contributed by atoms with van der Waals surface area (Å²) in [6.07, 6.45) is 3.12. The van der Waals surface area contributed by atoms with Gasteiger partial charge < -0.3 is 5.11 Å². The monoisotopic (exact) mass is 324 g/mol. The van der Waals surface area contributed by atoms with Crippen LogP contribution in [0.3, 0.4) is 0 Å². The molecule has 0 saturated heterocycles. The normalized spacial score (nSPS) is 12.4. The van der Waals surface area contributed by atoms with Crippen molar-refractivity contribution in [3.8, 4) is 0 Å². The van der Waals surface area contributed by atoms with Crippen LogP contribution in [0.25, 0.3) is 0 Å². The Kier molecular flexibility index (Phi) is 4.37. The van der Waals surface area contributed by atoms with Crippen LogP contribution in [0.4, 0.5) is 0 Å². The maximum Gasteiger partial charge on any atom is 0.192 e. The molecule has 18 heavy (non-hydrogen) atoms. The molecule has 1 atom stereocenters. The van der Waals surface area contributed by atoms with Gasteiger partial charge in [-0.25, -0.2) is 9.97 Å². The molecule has 0 aliphatic rings. The molecule has 0 aliphatic carbocycles. The average molecular weight is 325 g/mol. The van der Waals surface area contributed by atoms with Gasteiger partial charge in [-0.15, -0.1) is 0 Å². The maximum absolute atomic E-state index is 9.55. The lowest BCUT2D eigenvalue weighted by Crippen LogP contribution is -1.92. The van der Waals surface area contributed by atoms with Crippen LogP contribution in [0.2, 0.25) is 0 Å². The molecular formula is C13H13BrN2OS. The van der Waals surface area contributed by atoms with Crippen LogP contribution >= 0.6 is 27.7 Å². The highest BCUT2D eigenvalue weighted by molar-refractivity contribution is 9.10. The predicted octanol–water partition coefficient (Wildman–Crippen LogP) is 3.75. The number of halogens is 1. The second-order valence-corrected chi connectivity index (χ2v) is 5.90. The highest BCUT2D eigenvalue weighted by atomic mass is 79.9. The summed E-state index contributed by atoms with van der Waals surface area (Å²) in [4.78, 5) is 9.53. The van der Waals surface area contributed by atoms with E-state index in [0.29, 0.717) is 0 Å². The summed E-state index contributed by atoms with van der Waals surface area (Å²) >= 11 is 4.96. The number of rotatable bonds is 3. The molecule has 94 valence electrons. The fourth-order valence-electron chi connectivity index (χ4n) is 1.45. The van der Waals surface area contributed by atoms with E-state index in [2.05, 4.69) is 25.9 Å². The van der Waals surface area contributed by atoms with Gasteiger partial charge in [0, 0.05) is 21.8 Å². The lowest BCUT2D eigenvalue weighted by molar-refractivity contribution is 0.198. The van der Waals surface area contributed by atoms with E-state index in [9.17, 15) is 5.11 Å². The first-order valence-corrected chi connectivity index (χ1v) is 7.11. The van der Waals surface area contributed by atoms with Gasteiger partial charge in [-0.05, 0) is 48.9 Å². The molecule has 3 nitrogen and oxygen atoms in total. The third kappa shape index (κ3) is 3.31. The molecule has 1 heterocycles. The molecule has 5 heteroatoms. The zero-order chi connectivity index (χ0) is 13.1. The van der Waals surface area contributed by atoms with Crippen LogP contribution in [0.1, 0.15) is 24.2 Å². The van der Waals surface area contributed by atoms with Gasteiger partial charge in [-0.3, -0.25) is 0 Å². The van der Waals surface area contributed by atoms with Gasteiger partial charge in [0.15, 0.2) is 5.16 Å². The van der Waals surface area contributed by atoms with E-state index in [1.165, 1.54) is 11.8 Å². The minimum atomic E-state index is -0.478. The van der Waals surface area contributed by atoms with Gasteiger partial charge in [0.05, 0.1) is 6.10 Å². The third-order valence-electron chi connectivity index (χ3n) is 2.39. The van der Waals surface area contributed by atoms with Crippen molar-refractivity contribution in [2.75, 3.05) is 0 Å². The zero-order valence-electron chi connectivity index (χ0n) is 10.1. The predicted molar refractivity (Wildman–Crippen MR) is 75.7 cm³/mol. The number of aliphatic hydroxyl groups is 1. The van der Waals surface area contributed by atoms with Crippen LogP contribution in [0, 0.1) is 6.92 Å². The zero-order valence-corrected chi connectivity index (χ0v) is 12.5. The molecule has 0 unspecified atom stereocenters. The lowest BCUT2D eigenvalue weighted by atomic mass is 10.1. The molecule has 0 spiro atoms. The fraction of sp³-hybridized carbons (Fsp3) is 0.231. The summed E-state index contributed by atoms with van der Waals surface area (Å²) in [5.74, 6) is 0. The Labute approximate surface area is 119 Å². The first-order chi connectivity index (χ1) is 8.56. The van der Waals surface area contributed by atoms with Crippen molar-refractivity contribution in [3.63, 3.8) is 0 Å².